The van der Waals surface area contributed by atoms with Crippen molar-refractivity contribution in [2.45, 2.75) is 44.2 Å². The molecule has 0 aromatic heterocycles. The summed E-state index contributed by atoms with van der Waals surface area (Å²) in [6.07, 6.45) is 4.83. The number of hydrogen-bond acceptors (Lipinski definition) is 2. The van der Waals surface area contributed by atoms with E-state index in [4.69, 9.17) is 5.73 Å². The fraction of sp³-hybridized carbons (Fsp3) is 0.381. The van der Waals surface area contributed by atoms with E-state index in [-0.39, 0.29) is 30.4 Å². The van der Waals surface area contributed by atoms with Crippen LogP contribution in [0.5, 0.6) is 0 Å². The summed E-state index contributed by atoms with van der Waals surface area (Å²) in [4.78, 5) is 12.4. The van der Waals surface area contributed by atoms with Gasteiger partial charge >= 0.3 is 0 Å². The molecule has 3 N–H and O–H groups in total. The lowest BCUT2D eigenvalue weighted by Gasteiger charge is -2.22. The van der Waals surface area contributed by atoms with Crippen LogP contribution < -0.4 is 11.1 Å². The van der Waals surface area contributed by atoms with Gasteiger partial charge in [-0.3, -0.25) is 4.79 Å². The third-order valence-corrected chi connectivity index (χ3v) is 4.98. The Balaban J connectivity index is 0.00000225. The zero-order valence-electron chi connectivity index (χ0n) is 14.4. The van der Waals surface area contributed by atoms with Gasteiger partial charge in [-0.2, -0.15) is 0 Å². The topological polar surface area (TPSA) is 55.1 Å². The van der Waals surface area contributed by atoms with Crippen molar-refractivity contribution in [3.05, 3.63) is 71.8 Å². The number of benzene rings is 2. The quantitative estimate of drug-likeness (QED) is 0.819. The number of amides is 1. The fourth-order valence-electron chi connectivity index (χ4n) is 3.67. The Bertz CT molecular complexity index is 647. The van der Waals surface area contributed by atoms with Crippen molar-refractivity contribution in [2.75, 3.05) is 0 Å². The molecule has 2 aromatic carbocycles. The molecule has 0 saturated heterocycles. The first-order chi connectivity index (χ1) is 11.7. The molecular formula is C21H27ClN2O. The van der Waals surface area contributed by atoms with Crippen LogP contribution in [0.4, 0.5) is 0 Å². The molecule has 1 fully saturated rings. The van der Waals surface area contributed by atoms with E-state index < -0.39 is 0 Å². The summed E-state index contributed by atoms with van der Waals surface area (Å²) in [5.74, 6) is 0.598. The van der Waals surface area contributed by atoms with Gasteiger partial charge in [0.2, 0.25) is 5.91 Å². The first-order valence-corrected chi connectivity index (χ1v) is 8.86. The summed E-state index contributed by atoms with van der Waals surface area (Å²) < 4.78 is 0. The lowest BCUT2D eigenvalue weighted by molar-refractivity contribution is -0.122. The van der Waals surface area contributed by atoms with Crippen molar-refractivity contribution in [3.63, 3.8) is 0 Å². The second-order valence-electron chi connectivity index (χ2n) is 6.78. The normalized spacial score (nSPS) is 20.5. The highest BCUT2D eigenvalue weighted by atomic mass is 35.5. The van der Waals surface area contributed by atoms with Crippen LogP contribution in [0.3, 0.4) is 0 Å². The number of nitrogens with one attached hydrogen (secondary N) is 1. The molecule has 0 aliphatic heterocycles. The Morgan fingerprint density at radius 2 is 1.68 bits per heavy atom. The third-order valence-electron chi connectivity index (χ3n) is 4.98. The van der Waals surface area contributed by atoms with Crippen LogP contribution in [-0.2, 0) is 11.2 Å². The molecule has 25 heavy (non-hydrogen) atoms. The van der Waals surface area contributed by atoms with E-state index in [2.05, 4.69) is 29.6 Å². The van der Waals surface area contributed by atoms with Crippen molar-refractivity contribution in [1.29, 1.82) is 0 Å². The second kappa shape index (κ2) is 9.59. The van der Waals surface area contributed by atoms with E-state index in [1.807, 2.05) is 36.4 Å². The minimum Gasteiger partial charge on any atom is -0.353 e. The van der Waals surface area contributed by atoms with Crippen molar-refractivity contribution >= 4 is 18.3 Å². The van der Waals surface area contributed by atoms with Crippen LogP contribution in [-0.4, -0.2) is 11.9 Å². The molecule has 0 bridgehead atoms. The van der Waals surface area contributed by atoms with Crippen molar-refractivity contribution in [2.24, 2.45) is 11.7 Å². The highest BCUT2D eigenvalue weighted by Gasteiger charge is 2.28. The smallest absolute Gasteiger partial charge is 0.222 e. The minimum atomic E-state index is -0.236. The molecule has 3 nitrogen and oxygen atoms in total. The molecule has 1 saturated carbocycles. The standard InChI is InChI=1S/C21H26N2O.ClH/c22-19(17-10-5-2-6-11-17)15-21(24)23-20-13-7-12-18(20)14-16-8-3-1-4-9-16;/h1-6,8-11,18-20H,7,12-15,22H2,(H,23,24);1H. The molecule has 0 heterocycles. The number of carbonyl (C=O) groups excluding carboxylic acids is 1. The van der Waals surface area contributed by atoms with Gasteiger partial charge in [0.1, 0.15) is 0 Å². The van der Waals surface area contributed by atoms with E-state index in [9.17, 15) is 4.79 Å². The van der Waals surface area contributed by atoms with Gasteiger partial charge in [0.25, 0.3) is 0 Å². The third kappa shape index (κ3) is 5.58. The Kier molecular flexibility index (Phi) is 7.48. The summed E-state index contributed by atoms with van der Waals surface area (Å²) in [6.45, 7) is 0. The van der Waals surface area contributed by atoms with Gasteiger partial charge in [-0.05, 0) is 36.3 Å². The number of hydrogen-bond donors (Lipinski definition) is 2. The maximum atomic E-state index is 12.4. The Labute approximate surface area is 156 Å². The maximum absolute atomic E-state index is 12.4. The predicted octanol–water partition coefficient (Wildman–Crippen LogP) is 4.03. The molecule has 1 aliphatic carbocycles. The van der Waals surface area contributed by atoms with Gasteiger partial charge in [-0.15, -0.1) is 12.4 Å². The highest BCUT2D eigenvalue weighted by Crippen LogP contribution is 2.29. The lowest BCUT2D eigenvalue weighted by atomic mass is 9.94. The van der Waals surface area contributed by atoms with E-state index in [1.54, 1.807) is 0 Å². The minimum absolute atomic E-state index is 0. The number of halogens is 1. The molecule has 3 rings (SSSR count). The fourth-order valence-corrected chi connectivity index (χ4v) is 3.67. The first-order valence-electron chi connectivity index (χ1n) is 8.86. The van der Waals surface area contributed by atoms with Gasteiger partial charge in [-0.25, -0.2) is 0 Å². The molecule has 4 heteroatoms. The lowest BCUT2D eigenvalue weighted by Crippen LogP contribution is -2.39. The first kappa shape index (κ1) is 19.5. The number of nitrogens with two attached hydrogens (primary N) is 1. The van der Waals surface area contributed by atoms with Crippen LogP contribution in [0.15, 0.2) is 60.7 Å². The summed E-state index contributed by atoms with van der Waals surface area (Å²) in [5.41, 5.74) is 8.53. The SMILES string of the molecule is Cl.NC(CC(=O)NC1CCCC1Cc1ccccc1)c1ccccc1. The van der Waals surface area contributed by atoms with Crippen LogP contribution >= 0.6 is 12.4 Å². The van der Waals surface area contributed by atoms with Crippen molar-refractivity contribution in [1.82, 2.24) is 5.32 Å². The van der Waals surface area contributed by atoms with Gasteiger partial charge in [0.05, 0.1) is 0 Å². The largest absolute Gasteiger partial charge is 0.353 e. The number of rotatable bonds is 6. The van der Waals surface area contributed by atoms with Gasteiger partial charge < -0.3 is 11.1 Å². The van der Waals surface area contributed by atoms with Crippen LogP contribution in [0.2, 0.25) is 0 Å². The van der Waals surface area contributed by atoms with E-state index in [1.165, 1.54) is 18.4 Å². The molecular weight excluding hydrogens is 332 g/mol. The summed E-state index contributed by atoms with van der Waals surface area (Å²) >= 11 is 0. The highest BCUT2D eigenvalue weighted by molar-refractivity contribution is 5.85. The molecule has 0 spiro atoms. The predicted molar refractivity (Wildman–Crippen MR) is 105 cm³/mol. The van der Waals surface area contributed by atoms with Crippen molar-refractivity contribution < 1.29 is 4.79 Å². The van der Waals surface area contributed by atoms with Gasteiger partial charge in [0.15, 0.2) is 0 Å². The van der Waals surface area contributed by atoms with E-state index in [0.717, 1.165) is 18.4 Å². The van der Waals surface area contributed by atoms with Gasteiger partial charge in [-0.1, -0.05) is 67.1 Å². The molecule has 134 valence electrons. The van der Waals surface area contributed by atoms with Crippen LogP contribution in [0, 0.1) is 5.92 Å². The zero-order chi connectivity index (χ0) is 16.8. The molecule has 2 aromatic rings. The monoisotopic (exact) mass is 358 g/mol. The van der Waals surface area contributed by atoms with E-state index >= 15 is 0 Å². The molecule has 1 aliphatic rings. The zero-order valence-corrected chi connectivity index (χ0v) is 15.3. The summed E-state index contributed by atoms with van der Waals surface area (Å²) in [7, 11) is 0. The Morgan fingerprint density at radius 3 is 2.36 bits per heavy atom. The second-order valence-corrected chi connectivity index (χ2v) is 6.78. The Hall–Kier alpha value is -1.84. The molecule has 3 atom stereocenters. The average molecular weight is 359 g/mol. The molecule has 1 amide bonds. The van der Waals surface area contributed by atoms with Crippen molar-refractivity contribution in [3.8, 4) is 0 Å². The van der Waals surface area contributed by atoms with Crippen LogP contribution in [0.25, 0.3) is 0 Å². The Morgan fingerprint density at radius 1 is 1.04 bits per heavy atom. The van der Waals surface area contributed by atoms with E-state index in [0.29, 0.717) is 12.3 Å². The summed E-state index contributed by atoms with van der Waals surface area (Å²) in [6, 6.07) is 20.4. The molecule has 0 radical (unpaired) electrons. The van der Waals surface area contributed by atoms with Crippen LogP contribution in [0.1, 0.15) is 42.9 Å². The maximum Gasteiger partial charge on any atom is 0.222 e. The van der Waals surface area contributed by atoms with Gasteiger partial charge in [0, 0.05) is 18.5 Å². The number of carbonyl (C=O) groups is 1. The average Bonchev–Trinajstić information content (AvgIpc) is 3.03. The summed E-state index contributed by atoms with van der Waals surface area (Å²) in [5, 5.41) is 3.23. The molecule has 3 unspecified atom stereocenters.